The van der Waals surface area contributed by atoms with Crippen molar-refractivity contribution in [3.05, 3.63) is 70.5 Å². The topological polar surface area (TPSA) is 48.4 Å². The Hall–Kier alpha value is -2.10. The molecule has 4 rings (SSSR count). The van der Waals surface area contributed by atoms with Crippen molar-refractivity contribution in [3.8, 4) is 0 Å². The summed E-state index contributed by atoms with van der Waals surface area (Å²) in [4.78, 5) is 0. The Labute approximate surface area is 123 Å². The fourth-order valence-corrected chi connectivity index (χ4v) is 2.93. The van der Waals surface area contributed by atoms with Gasteiger partial charge in [-0.3, -0.25) is 0 Å². The molecule has 0 saturated heterocycles. The molecular weight excluding hydrogens is 262 g/mol. The van der Waals surface area contributed by atoms with Gasteiger partial charge in [-0.05, 0) is 35.2 Å². The molecule has 2 N–H and O–H groups in total. The average molecular weight is 279 g/mol. The third-order valence-electron chi connectivity index (χ3n) is 4.17. The highest BCUT2D eigenvalue weighted by molar-refractivity contribution is 5.81. The van der Waals surface area contributed by atoms with Gasteiger partial charge in [-0.1, -0.05) is 36.4 Å². The Kier molecular flexibility index (Phi) is 2.84. The summed E-state index contributed by atoms with van der Waals surface area (Å²) >= 11 is 0. The van der Waals surface area contributed by atoms with Crippen molar-refractivity contribution in [1.82, 2.24) is 0 Å². The van der Waals surface area contributed by atoms with Gasteiger partial charge in [0.2, 0.25) is 0 Å². The Morgan fingerprint density at radius 3 is 2.76 bits per heavy atom. The first-order valence-corrected chi connectivity index (χ1v) is 7.16. The SMILES string of the molecule is Cc1cccc2cc(C(N)c3ccc4c(c3)COC4)oc12. The highest BCUT2D eigenvalue weighted by Gasteiger charge is 2.18. The van der Waals surface area contributed by atoms with E-state index >= 15 is 0 Å². The summed E-state index contributed by atoms with van der Waals surface area (Å²) < 4.78 is 11.4. The Morgan fingerprint density at radius 1 is 1.05 bits per heavy atom. The van der Waals surface area contributed by atoms with Gasteiger partial charge in [-0.2, -0.15) is 0 Å². The summed E-state index contributed by atoms with van der Waals surface area (Å²) in [5.74, 6) is 0.804. The minimum atomic E-state index is -0.248. The Balaban J connectivity index is 1.75. The number of furan rings is 1. The smallest absolute Gasteiger partial charge is 0.137 e. The van der Waals surface area contributed by atoms with Gasteiger partial charge in [-0.15, -0.1) is 0 Å². The number of aryl methyl sites for hydroxylation is 1. The van der Waals surface area contributed by atoms with Gasteiger partial charge < -0.3 is 14.9 Å². The lowest BCUT2D eigenvalue weighted by Crippen LogP contribution is -2.11. The van der Waals surface area contributed by atoms with Crippen molar-refractivity contribution in [1.29, 1.82) is 0 Å². The van der Waals surface area contributed by atoms with Gasteiger partial charge in [-0.25, -0.2) is 0 Å². The van der Waals surface area contributed by atoms with Crippen molar-refractivity contribution in [2.45, 2.75) is 26.2 Å². The van der Waals surface area contributed by atoms with Crippen LogP contribution in [-0.4, -0.2) is 0 Å². The molecule has 0 aliphatic carbocycles. The molecule has 0 bridgehead atoms. The summed E-state index contributed by atoms with van der Waals surface area (Å²) in [5, 5.41) is 1.10. The highest BCUT2D eigenvalue weighted by atomic mass is 16.5. The summed E-state index contributed by atoms with van der Waals surface area (Å²) in [6, 6.07) is 14.2. The minimum absolute atomic E-state index is 0.248. The summed E-state index contributed by atoms with van der Waals surface area (Å²) in [7, 11) is 0. The van der Waals surface area contributed by atoms with Crippen molar-refractivity contribution in [3.63, 3.8) is 0 Å². The van der Waals surface area contributed by atoms with E-state index in [1.165, 1.54) is 11.1 Å². The second-order valence-corrected chi connectivity index (χ2v) is 5.64. The monoisotopic (exact) mass is 279 g/mol. The molecule has 1 aliphatic heterocycles. The van der Waals surface area contributed by atoms with Gasteiger partial charge in [0.15, 0.2) is 0 Å². The van der Waals surface area contributed by atoms with Crippen LogP contribution in [0.25, 0.3) is 11.0 Å². The molecule has 1 aliphatic rings. The molecule has 0 radical (unpaired) electrons. The Morgan fingerprint density at radius 2 is 1.90 bits per heavy atom. The number of hydrogen-bond acceptors (Lipinski definition) is 3. The Bertz CT molecular complexity index is 819. The first kappa shape index (κ1) is 12.6. The summed E-state index contributed by atoms with van der Waals surface area (Å²) in [6.07, 6.45) is 0. The lowest BCUT2D eigenvalue weighted by Gasteiger charge is -2.10. The van der Waals surface area contributed by atoms with Gasteiger partial charge in [0.25, 0.3) is 0 Å². The van der Waals surface area contributed by atoms with Crippen molar-refractivity contribution >= 4 is 11.0 Å². The van der Waals surface area contributed by atoms with Crippen LogP contribution >= 0.6 is 0 Å². The lowest BCUT2D eigenvalue weighted by molar-refractivity contribution is 0.134. The quantitative estimate of drug-likeness (QED) is 0.775. The normalized spacial score (nSPS) is 15.3. The highest BCUT2D eigenvalue weighted by Crippen LogP contribution is 2.30. The van der Waals surface area contributed by atoms with E-state index in [2.05, 4.69) is 24.3 Å². The number of rotatable bonds is 2. The molecule has 0 spiro atoms. The number of para-hydroxylation sites is 1. The number of hydrogen-bond donors (Lipinski definition) is 1. The van der Waals surface area contributed by atoms with Crippen molar-refractivity contribution in [2.24, 2.45) is 5.73 Å². The average Bonchev–Trinajstić information content (AvgIpc) is 3.12. The van der Waals surface area contributed by atoms with E-state index in [1.54, 1.807) is 0 Å². The van der Waals surface area contributed by atoms with Crippen LogP contribution < -0.4 is 5.73 Å². The fraction of sp³-hybridized carbons (Fsp3) is 0.222. The predicted molar refractivity (Wildman–Crippen MR) is 81.9 cm³/mol. The van der Waals surface area contributed by atoms with Crippen molar-refractivity contribution in [2.75, 3.05) is 0 Å². The number of fused-ring (bicyclic) bond motifs is 2. The number of ether oxygens (including phenoxy) is 1. The number of nitrogens with two attached hydrogens (primary N) is 1. The molecule has 0 saturated carbocycles. The van der Waals surface area contributed by atoms with Crippen LogP contribution in [0.5, 0.6) is 0 Å². The van der Waals surface area contributed by atoms with Crippen LogP contribution in [0, 0.1) is 6.92 Å². The molecule has 0 fully saturated rings. The van der Waals surface area contributed by atoms with E-state index in [0.717, 1.165) is 27.9 Å². The van der Waals surface area contributed by atoms with Gasteiger partial charge in [0, 0.05) is 5.39 Å². The van der Waals surface area contributed by atoms with Gasteiger partial charge in [0.05, 0.1) is 19.3 Å². The number of benzene rings is 2. The first-order chi connectivity index (χ1) is 10.2. The van der Waals surface area contributed by atoms with E-state index in [0.29, 0.717) is 13.2 Å². The third-order valence-corrected chi connectivity index (χ3v) is 4.17. The van der Waals surface area contributed by atoms with Crippen molar-refractivity contribution < 1.29 is 9.15 Å². The van der Waals surface area contributed by atoms with Crippen LogP contribution in [0.15, 0.2) is 46.9 Å². The van der Waals surface area contributed by atoms with Gasteiger partial charge >= 0.3 is 0 Å². The maximum Gasteiger partial charge on any atom is 0.137 e. The summed E-state index contributed by atoms with van der Waals surface area (Å²) in [6.45, 7) is 3.43. The molecular formula is C18H17NO2. The largest absolute Gasteiger partial charge is 0.459 e. The molecule has 1 aromatic heterocycles. The van der Waals surface area contributed by atoms with Gasteiger partial charge in [0.1, 0.15) is 11.3 Å². The van der Waals surface area contributed by atoms with E-state index in [-0.39, 0.29) is 6.04 Å². The van der Waals surface area contributed by atoms with E-state index in [1.807, 2.05) is 25.1 Å². The van der Waals surface area contributed by atoms with Crippen LogP contribution in [-0.2, 0) is 18.0 Å². The zero-order valence-electron chi connectivity index (χ0n) is 11.9. The predicted octanol–water partition coefficient (Wildman–Crippen LogP) is 3.82. The molecule has 1 atom stereocenters. The molecule has 2 heterocycles. The van der Waals surface area contributed by atoms with Crippen LogP contribution in [0.3, 0.4) is 0 Å². The second kappa shape index (κ2) is 4.72. The minimum Gasteiger partial charge on any atom is -0.459 e. The second-order valence-electron chi connectivity index (χ2n) is 5.64. The maximum atomic E-state index is 6.39. The standard InChI is InChI=1S/C18H17NO2/c1-11-3-2-4-13-8-16(21-18(11)13)17(19)12-5-6-14-9-20-10-15(14)7-12/h2-8,17H,9-10,19H2,1H3. The van der Waals surface area contributed by atoms with Crippen LogP contribution in [0.2, 0.25) is 0 Å². The van der Waals surface area contributed by atoms with Crippen LogP contribution in [0.4, 0.5) is 0 Å². The zero-order chi connectivity index (χ0) is 14.4. The van der Waals surface area contributed by atoms with E-state index in [4.69, 9.17) is 14.9 Å². The van der Waals surface area contributed by atoms with E-state index < -0.39 is 0 Å². The van der Waals surface area contributed by atoms with E-state index in [9.17, 15) is 0 Å². The molecule has 21 heavy (non-hydrogen) atoms. The molecule has 1 unspecified atom stereocenters. The summed E-state index contributed by atoms with van der Waals surface area (Å²) in [5.41, 5.74) is 12.0. The van der Waals surface area contributed by atoms with Crippen LogP contribution in [0.1, 0.15) is 34.1 Å². The molecule has 3 nitrogen and oxygen atoms in total. The lowest BCUT2D eigenvalue weighted by atomic mass is 10.00. The fourth-order valence-electron chi connectivity index (χ4n) is 2.93. The molecule has 3 aromatic rings. The maximum absolute atomic E-state index is 6.39. The molecule has 0 amide bonds. The zero-order valence-corrected chi connectivity index (χ0v) is 11.9. The first-order valence-electron chi connectivity index (χ1n) is 7.16. The third kappa shape index (κ3) is 2.06. The molecule has 3 heteroatoms. The molecule has 2 aromatic carbocycles. The molecule has 106 valence electrons.